The lowest BCUT2D eigenvalue weighted by Gasteiger charge is -2.02. The molecule has 0 saturated heterocycles. The van der Waals surface area contributed by atoms with Crippen LogP contribution in [0.25, 0.3) is 11.1 Å². The Balaban J connectivity index is 2.49. The minimum absolute atomic E-state index is 0.289. The summed E-state index contributed by atoms with van der Waals surface area (Å²) in [7, 11) is 0. The van der Waals surface area contributed by atoms with Crippen LogP contribution < -0.4 is 0 Å². The number of aryl methyl sites for hydroxylation is 1. The minimum atomic E-state index is 0.289. The van der Waals surface area contributed by atoms with Crippen LogP contribution in [0.1, 0.15) is 5.56 Å². The van der Waals surface area contributed by atoms with Gasteiger partial charge >= 0.3 is 0 Å². The first kappa shape index (κ1) is 8.82. The summed E-state index contributed by atoms with van der Waals surface area (Å²) < 4.78 is 0. The van der Waals surface area contributed by atoms with Crippen molar-refractivity contribution in [1.82, 2.24) is 0 Å². The van der Waals surface area contributed by atoms with Crippen molar-refractivity contribution >= 4 is 0 Å². The fourth-order valence-electron chi connectivity index (χ4n) is 1.42. The van der Waals surface area contributed by atoms with Gasteiger partial charge in [0.05, 0.1) is 0 Å². The molecule has 1 heteroatoms. The van der Waals surface area contributed by atoms with Gasteiger partial charge in [-0.15, -0.1) is 0 Å². The van der Waals surface area contributed by atoms with Crippen molar-refractivity contribution in [2.45, 2.75) is 6.92 Å². The number of rotatable bonds is 1. The van der Waals surface area contributed by atoms with Gasteiger partial charge in [0.25, 0.3) is 0 Å². The summed E-state index contributed by atoms with van der Waals surface area (Å²) >= 11 is 0. The van der Waals surface area contributed by atoms with E-state index in [4.69, 9.17) is 0 Å². The van der Waals surface area contributed by atoms with Gasteiger partial charge in [0.1, 0.15) is 5.75 Å². The maximum absolute atomic E-state index is 9.33. The van der Waals surface area contributed by atoms with Gasteiger partial charge in [0, 0.05) is 0 Å². The van der Waals surface area contributed by atoms with Gasteiger partial charge in [0.2, 0.25) is 0 Å². The number of hydrogen-bond acceptors (Lipinski definition) is 1. The molecule has 0 saturated carbocycles. The maximum Gasteiger partial charge on any atom is 0.116 e. The molecule has 1 N–H and O–H groups in total. The average Bonchev–Trinajstić information content (AvgIpc) is 2.18. The molecule has 2 rings (SSSR count). The molecular formula is C13H11O. The second-order valence-electron chi connectivity index (χ2n) is 3.33. The standard InChI is InChI=1S/C13H11O/c1-10-4-2-5-11(8-10)12-6-3-7-13(14)9-12/h2-4,6-9,14H,1H3. The number of hydrogen-bond donors (Lipinski definition) is 1. The van der Waals surface area contributed by atoms with Gasteiger partial charge in [-0.05, 0) is 36.2 Å². The Hall–Kier alpha value is -1.76. The Morgan fingerprint density at radius 1 is 1.14 bits per heavy atom. The van der Waals surface area contributed by atoms with Gasteiger partial charge in [-0.3, -0.25) is 0 Å². The zero-order chi connectivity index (χ0) is 9.97. The third-order valence-corrected chi connectivity index (χ3v) is 2.11. The maximum atomic E-state index is 9.33. The third kappa shape index (κ3) is 1.77. The van der Waals surface area contributed by atoms with Crippen LogP contribution in [-0.4, -0.2) is 5.11 Å². The number of phenolic OH excluding ortho intramolecular Hbond substituents is 1. The Labute approximate surface area is 83.6 Å². The van der Waals surface area contributed by atoms with Crippen LogP contribution in [0.5, 0.6) is 5.75 Å². The third-order valence-electron chi connectivity index (χ3n) is 2.11. The molecule has 0 heterocycles. The Bertz CT molecular complexity index is 403. The van der Waals surface area contributed by atoms with Crippen LogP contribution in [0.2, 0.25) is 0 Å². The highest BCUT2D eigenvalue weighted by Crippen LogP contribution is 2.23. The number of aromatic hydroxyl groups is 1. The normalized spacial score (nSPS) is 10.1. The van der Waals surface area contributed by atoms with Crippen LogP contribution in [0.3, 0.4) is 0 Å². The van der Waals surface area contributed by atoms with Crippen LogP contribution in [0.15, 0.2) is 42.5 Å². The topological polar surface area (TPSA) is 20.2 Å². The molecule has 0 aliphatic heterocycles. The number of phenols is 1. The zero-order valence-electron chi connectivity index (χ0n) is 7.99. The lowest BCUT2D eigenvalue weighted by atomic mass is 10.0. The largest absolute Gasteiger partial charge is 0.508 e. The highest BCUT2D eigenvalue weighted by atomic mass is 16.3. The van der Waals surface area contributed by atoms with Gasteiger partial charge in [-0.25, -0.2) is 0 Å². The molecule has 2 aromatic carbocycles. The molecular weight excluding hydrogens is 172 g/mol. The quantitative estimate of drug-likeness (QED) is 0.720. The van der Waals surface area contributed by atoms with Crippen molar-refractivity contribution < 1.29 is 5.11 Å². The van der Waals surface area contributed by atoms with Crippen LogP contribution in [-0.2, 0) is 0 Å². The van der Waals surface area contributed by atoms with Gasteiger partial charge < -0.3 is 5.11 Å². The van der Waals surface area contributed by atoms with Gasteiger partial charge in [0.15, 0.2) is 0 Å². The zero-order valence-corrected chi connectivity index (χ0v) is 7.99. The predicted molar refractivity (Wildman–Crippen MR) is 57.1 cm³/mol. The molecule has 2 aromatic rings. The highest BCUT2D eigenvalue weighted by molar-refractivity contribution is 5.64. The minimum Gasteiger partial charge on any atom is -0.508 e. The van der Waals surface area contributed by atoms with Crippen molar-refractivity contribution in [3.8, 4) is 16.9 Å². The highest BCUT2D eigenvalue weighted by Gasteiger charge is 1.98. The molecule has 0 aliphatic carbocycles. The average molecular weight is 183 g/mol. The molecule has 0 aliphatic rings. The number of benzene rings is 2. The molecule has 0 amide bonds. The smallest absolute Gasteiger partial charge is 0.116 e. The Morgan fingerprint density at radius 3 is 2.71 bits per heavy atom. The van der Waals surface area contributed by atoms with E-state index in [9.17, 15) is 5.11 Å². The molecule has 0 atom stereocenters. The first-order valence-corrected chi connectivity index (χ1v) is 4.53. The van der Waals surface area contributed by atoms with E-state index in [1.54, 1.807) is 12.1 Å². The van der Waals surface area contributed by atoms with Crippen molar-refractivity contribution in [3.05, 3.63) is 54.1 Å². The summed E-state index contributed by atoms with van der Waals surface area (Å²) in [4.78, 5) is 0. The predicted octanol–water partition coefficient (Wildman–Crippen LogP) is 3.17. The molecule has 0 fully saturated rings. The second kappa shape index (κ2) is 3.54. The van der Waals surface area contributed by atoms with Gasteiger partial charge in [-0.2, -0.15) is 0 Å². The van der Waals surface area contributed by atoms with E-state index in [0.717, 1.165) is 11.1 Å². The molecule has 69 valence electrons. The van der Waals surface area contributed by atoms with E-state index in [2.05, 4.69) is 12.1 Å². The van der Waals surface area contributed by atoms with Crippen molar-refractivity contribution in [1.29, 1.82) is 0 Å². The molecule has 0 aromatic heterocycles. The summed E-state index contributed by atoms with van der Waals surface area (Å²) in [6.45, 7) is 2.04. The van der Waals surface area contributed by atoms with E-state index in [0.29, 0.717) is 0 Å². The first-order valence-electron chi connectivity index (χ1n) is 4.53. The van der Waals surface area contributed by atoms with E-state index >= 15 is 0 Å². The van der Waals surface area contributed by atoms with E-state index in [1.165, 1.54) is 5.56 Å². The summed E-state index contributed by atoms with van der Waals surface area (Å²) in [5.41, 5.74) is 3.21. The summed E-state index contributed by atoms with van der Waals surface area (Å²) in [5.74, 6) is 0.289. The molecule has 1 radical (unpaired) electrons. The molecule has 0 spiro atoms. The SMILES string of the molecule is Cc1cc[c]c(-c2cccc(O)c2)c1. The Kier molecular flexibility index (Phi) is 2.23. The fraction of sp³-hybridized carbons (Fsp3) is 0.0769. The van der Waals surface area contributed by atoms with Crippen LogP contribution >= 0.6 is 0 Å². The Morgan fingerprint density at radius 2 is 2.00 bits per heavy atom. The van der Waals surface area contributed by atoms with Crippen molar-refractivity contribution in [3.63, 3.8) is 0 Å². The van der Waals surface area contributed by atoms with E-state index < -0.39 is 0 Å². The lowest BCUT2D eigenvalue weighted by Crippen LogP contribution is -1.79. The lowest BCUT2D eigenvalue weighted by molar-refractivity contribution is 0.475. The van der Waals surface area contributed by atoms with Crippen molar-refractivity contribution in [2.75, 3.05) is 0 Å². The first-order chi connectivity index (χ1) is 6.75. The van der Waals surface area contributed by atoms with Crippen LogP contribution in [0.4, 0.5) is 0 Å². The van der Waals surface area contributed by atoms with Gasteiger partial charge in [-0.1, -0.05) is 35.9 Å². The van der Waals surface area contributed by atoms with Crippen molar-refractivity contribution in [2.24, 2.45) is 0 Å². The monoisotopic (exact) mass is 183 g/mol. The molecule has 1 nitrogen and oxygen atoms in total. The summed E-state index contributed by atoms with van der Waals surface area (Å²) in [6, 6.07) is 16.3. The second-order valence-corrected chi connectivity index (χ2v) is 3.33. The van der Waals surface area contributed by atoms with E-state index in [1.807, 2.05) is 31.2 Å². The molecule has 14 heavy (non-hydrogen) atoms. The molecule has 0 unspecified atom stereocenters. The summed E-state index contributed by atoms with van der Waals surface area (Å²) in [6.07, 6.45) is 0. The fourth-order valence-corrected chi connectivity index (χ4v) is 1.42. The molecule has 0 bridgehead atoms. The summed E-state index contributed by atoms with van der Waals surface area (Å²) in [5, 5.41) is 9.33. The van der Waals surface area contributed by atoms with Crippen LogP contribution in [0, 0.1) is 13.0 Å². The van der Waals surface area contributed by atoms with E-state index in [-0.39, 0.29) is 5.75 Å².